The van der Waals surface area contributed by atoms with Gasteiger partial charge in [-0.3, -0.25) is 0 Å². The third kappa shape index (κ3) is 8.25. The minimum Gasteiger partial charge on any atom is -0.445 e. The van der Waals surface area contributed by atoms with E-state index in [-0.39, 0.29) is 25.2 Å². The van der Waals surface area contributed by atoms with Crippen molar-refractivity contribution in [3.05, 3.63) is 35.9 Å². The van der Waals surface area contributed by atoms with Gasteiger partial charge in [0.25, 0.3) is 0 Å². The van der Waals surface area contributed by atoms with Gasteiger partial charge in [0.15, 0.2) is 0 Å². The smallest absolute Gasteiger partial charge is 0.407 e. The summed E-state index contributed by atoms with van der Waals surface area (Å²) in [5.74, 6) is 0.256. The first kappa shape index (κ1) is 19.6. The van der Waals surface area contributed by atoms with Gasteiger partial charge >= 0.3 is 12.3 Å². The van der Waals surface area contributed by atoms with E-state index in [1.807, 2.05) is 30.3 Å². The van der Waals surface area contributed by atoms with E-state index < -0.39 is 18.7 Å². The first-order valence-corrected chi connectivity index (χ1v) is 8.54. The summed E-state index contributed by atoms with van der Waals surface area (Å²) >= 11 is 0. The molecule has 25 heavy (non-hydrogen) atoms. The molecule has 0 saturated heterocycles. The highest BCUT2D eigenvalue weighted by Crippen LogP contribution is 2.25. The van der Waals surface area contributed by atoms with Gasteiger partial charge < -0.3 is 14.8 Å². The van der Waals surface area contributed by atoms with Crippen LogP contribution in [0.25, 0.3) is 0 Å². The molecule has 1 saturated carbocycles. The summed E-state index contributed by atoms with van der Waals surface area (Å²) in [5.41, 5.74) is 0.928. The topological polar surface area (TPSA) is 47.6 Å². The number of rotatable bonds is 7. The van der Waals surface area contributed by atoms with Crippen LogP contribution in [-0.4, -0.2) is 31.5 Å². The third-order valence-corrected chi connectivity index (χ3v) is 4.26. The van der Waals surface area contributed by atoms with Crippen molar-refractivity contribution in [2.45, 2.75) is 50.9 Å². The molecule has 1 fully saturated rings. The predicted octanol–water partition coefficient (Wildman–Crippen LogP) is 4.44. The van der Waals surface area contributed by atoms with Crippen molar-refractivity contribution in [3.8, 4) is 0 Å². The van der Waals surface area contributed by atoms with Gasteiger partial charge in [0.05, 0.1) is 13.0 Å². The Bertz CT molecular complexity index is 514. The maximum Gasteiger partial charge on any atom is 0.407 e. The Hall–Kier alpha value is -1.76. The highest BCUT2D eigenvalue weighted by molar-refractivity contribution is 5.67. The van der Waals surface area contributed by atoms with Gasteiger partial charge in [-0.25, -0.2) is 4.79 Å². The lowest BCUT2D eigenvalue weighted by atomic mass is 9.86. The quantitative estimate of drug-likeness (QED) is 0.732. The zero-order valence-corrected chi connectivity index (χ0v) is 14.1. The number of benzene rings is 1. The Labute approximate surface area is 145 Å². The number of alkyl carbamates (subject to hydrolysis) is 1. The van der Waals surface area contributed by atoms with E-state index in [0.29, 0.717) is 6.61 Å². The average Bonchev–Trinajstić information content (AvgIpc) is 2.58. The van der Waals surface area contributed by atoms with Crippen molar-refractivity contribution in [3.63, 3.8) is 0 Å². The Morgan fingerprint density at radius 3 is 2.44 bits per heavy atom. The molecule has 1 aromatic carbocycles. The number of alkyl halides is 3. The van der Waals surface area contributed by atoms with Crippen molar-refractivity contribution >= 4 is 6.09 Å². The lowest BCUT2D eigenvalue weighted by Crippen LogP contribution is -2.38. The molecule has 4 nitrogen and oxygen atoms in total. The summed E-state index contributed by atoms with van der Waals surface area (Å²) in [6, 6.07) is 9.49. The molecule has 2 rings (SSSR count). The second-order valence-electron chi connectivity index (χ2n) is 6.36. The van der Waals surface area contributed by atoms with Crippen molar-refractivity contribution in [1.82, 2.24) is 5.32 Å². The van der Waals surface area contributed by atoms with Gasteiger partial charge in [0.1, 0.15) is 6.61 Å². The zero-order valence-electron chi connectivity index (χ0n) is 14.1. The molecule has 0 aliphatic heterocycles. The standard InChI is InChI=1S/C18H24F3NO3/c19-18(20,21)10-11-24-12-15-6-8-16(9-7-15)22-17(23)25-13-14-4-2-1-3-5-14/h1-5,15-16H,6-13H2,(H,22,23)/t15-,16-. The van der Waals surface area contributed by atoms with Gasteiger partial charge in [-0.2, -0.15) is 13.2 Å². The van der Waals surface area contributed by atoms with Crippen molar-refractivity contribution in [2.24, 2.45) is 5.92 Å². The van der Waals surface area contributed by atoms with Crippen LogP contribution in [0.15, 0.2) is 30.3 Å². The predicted molar refractivity (Wildman–Crippen MR) is 87.0 cm³/mol. The summed E-state index contributed by atoms with van der Waals surface area (Å²) < 4.78 is 46.4. The molecule has 0 aromatic heterocycles. The second kappa shape index (κ2) is 9.65. The van der Waals surface area contributed by atoms with Gasteiger partial charge in [-0.1, -0.05) is 30.3 Å². The zero-order chi connectivity index (χ0) is 18.1. The number of carbonyl (C=O) groups excluding carboxylic acids is 1. The maximum atomic E-state index is 12.0. The van der Waals surface area contributed by atoms with Crippen LogP contribution in [-0.2, 0) is 16.1 Å². The average molecular weight is 359 g/mol. The molecule has 0 atom stereocenters. The Balaban J connectivity index is 1.56. The fourth-order valence-corrected chi connectivity index (χ4v) is 2.84. The van der Waals surface area contributed by atoms with Crippen LogP contribution < -0.4 is 5.32 Å². The van der Waals surface area contributed by atoms with Gasteiger partial charge in [0.2, 0.25) is 0 Å². The molecule has 140 valence electrons. The summed E-state index contributed by atoms with van der Waals surface area (Å²) in [6.45, 7) is 0.295. The van der Waals surface area contributed by atoms with Crippen LogP contribution in [0, 0.1) is 5.92 Å². The molecule has 0 heterocycles. The van der Waals surface area contributed by atoms with Crippen LogP contribution >= 0.6 is 0 Å². The molecule has 1 aliphatic carbocycles. The highest BCUT2D eigenvalue weighted by atomic mass is 19.4. The highest BCUT2D eigenvalue weighted by Gasteiger charge is 2.27. The molecule has 0 unspecified atom stereocenters. The summed E-state index contributed by atoms with van der Waals surface area (Å²) in [4.78, 5) is 11.8. The number of ether oxygens (including phenoxy) is 2. The van der Waals surface area contributed by atoms with E-state index in [4.69, 9.17) is 9.47 Å². The number of halogens is 3. The van der Waals surface area contributed by atoms with Crippen LogP contribution in [0.3, 0.4) is 0 Å². The normalized spacial score (nSPS) is 20.9. The van der Waals surface area contributed by atoms with Gasteiger partial charge in [0, 0.05) is 12.6 Å². The number of hydrogen-bond donors (Lipinski definition) is 1. The molecule has 1 amide bonds. The number of carbonyl (C=O) groups is 1. The van der Waals surface area contributed by atoms with E-state index in [2.05, 4.69) is 5.32 Å². The van der Waals surface area contributed by atoms with E-state index in [1.165, 1.54) is 0 Å². The van der Waals surface area contributed by atoms with Crippen LogP contribution in [0.5, 0.6) is 0 Å². The SMILES string of the molecule is O=C(N[C@H]1CC[C@H](COCCC(F)(F)F)CC1)OCc1ccccc1. The van der Waals surface area contributed by atoms with Crippen molar-refractivity contribution < 1.29 is 27.4 Å². The Morgan fingerprint density at radius 1 is 1.12 bits per heavy atom. The molecular weight excluding hydrogens is 335 g/mol. The number of hydrogen-bond acceptors (Lipinski definition) is 3. The van der Waals surface area contributed by atoms with E-state index in [0.717, 1.165) is 31.2 Å². The van der Waals surface area contributed by atoms with Crippen LogP contribution in [0.1, 0.15) is 37.7 Å². The maximum absolute atomic E-state index is 12.0. The number of amides is 1. The number of nitrogens with one attached hydrogen (secondary N) is 1. The molecule has 1 aliphatic rings. The largest absolute Gasteiger partial charge is 0.445 e. The minimum atomic E-state index is -4.16. The third-order valence-electron chi connectivity index (χ3n) is 4.26. The Kier molecular flexibility index (Phi) is 7.55. The summed E-state index contributed by atoms with van der Waals surface area (Å²) in [7, 11) is 0. The molecule has 7 heteroatoms. The Morgan fingerprint density at radius 2 is 1.80 bits per heavy atom. The second-order valence-corrected chi connectivity index (χ2v) is 6.36. The summed E-state index contributed by atoms with van der Waals surface area (Å²) in [5, 5.41) is 2.85. The molecule has 1 aromatic rings. The molecule has 0 radical (unpaired) electrons. The van der Waals surface area contributed by atoms with Crippen LogP contribution in [0.2, 0.25) is 0 Å². The van der Waals surface area contributed by atoms with Crippen molar-refractivity contribution in [1.29, 1.82) is 0 Å². The van der Waals surface area contributed by atoms with E-state index in [9.17, 15) is 18.0 Å². The first-order valence-electron chi connectivity index (χ1n) is 8.54. The molecule has 0 spiro atoms. The lowest BCUT2D eigenvalue weighted by molar-refractivity contribution is -0.146. The monoisotopic (exact) mass is 359 g/mol. The van der Waals surface area contributed by atoms with Gasteiger partial charge in [-0.15, -0.1) is 0 Å². The molecule has 0 bridgehead atoms. The molecule has 1 N–H and O–H groups in total. The van der Waals surface area contributed by atoms with E-state index >= 15 is 0 Å². The molecular formula is C18H24F3NO3. The first-order chi connectivity index (χ1) is 11.9. The van der Waals surface area contributed by atoms with Crippen LogP contribution in [0.4, 0.5) is 18.0 Å². The van der Waals surface area contributed by atoms with Crippen molar-refractivity contribution in [2.75, 3.05) is 13.2 Å². The van der Waals surface area contributed by atoms with Gasteiger partial charge in [-0.05, 0) is 37.2 Å². The van der Waals surface area contributed by atoms with E-state index in [1.54, 1.807) is 0 Å². The summed E-state index contributed by atoms with van der Waals surface area (Å²) in [6.07, 6.45) is -2.28. The lowest BCUT2D eigenvalue weighted by Gasteiger charge is -2.28. The fourth-order valence-electron chi connectivity index (χ4n) is 2.84. The minimum absolute atomic E-state index is 0.0506. The fraction of sp³-hybridized carbons (Fsp3) is 0.611.